The van der Waals surface area contributed by atoms with Crippen molar-refractivity contribution in [1.29, 1.82) is 0 Å². The molecule has 3 aromatic rings. The van der Waals surface area contributed by atoms with Gasteiger partial charge in [-0.3, -0.25) is 9.80 Å². The van der Waals surface area contributed by atoms with E-state index in [0.29, 0.717) is 12.1 Å². The zero-order chi connectivity index (χ0) is 17.5. The van der Waals surface area contributed by atoms with E-state index in [4.69, 9.17) is 0 Å². The fraction of sp³-hybridized carbons (Fsp3) is 0.409. The van der Waals surface area contributed by atoms with Gasteiger partial charge in [-0.25, -0.2) is 0 Å². The number of fused-ring (bicyclic) bond motifs is 2. The molecule has 4 heteroatoms. The third kappa shape index (κ3) is 2.77. The number of hydrogen-bond acceptors (Lipinski definition) is 4. The lowest BCUT2D eigenvalue weighted by Gasteiger charge is -2.46. The Kier molecular flexibility index (Phi) is 4.27. The van der Waals surface area contributed by atoms with Crippen LogP contribution in [0.2, 0.25) is 0 Å². The lowest BCUT2D eigenvalue weighted by Crippen LogP contribution is -2.46. The molecule has 0 saturated carbocycles. The number of rotatable bonds is 2. The Bertz CT molecular complexity index is 912. The molecule has 3 nitrogen and oxygen atoms in total. The van der Waals surface area contributed by atoms with Gasteiger partial charge >= 0.3 is 0 Å². The highest BCUT2D eigenvalue weighted by Crippen LogP contribution is 2.41. The van der Waals surface area contributed by atoms with Crippen molar-refractivity contribution in [2.75, 3.05) is 26.7 Å². The first-order chi connectivity index (χ1) is 12.8. The molecule has 2 aromatic carbocycles. The molecule has 0 bridgehead atoms. The van der Waals surface area contributed by atoms with Crippen LogP contribution in [0.1, 0.15) is 48.0 Å². The molecule has 3 heterocycles. The molecule has 2 atom stereocenters. The maximum Gasteiger partial charge on any atom is 0.0886 e. The van der Waals surface area contributed by atoms with Crippen molar-refractivity contribution in [3.05, 3.63) is 65.4 Å². The number of hydrogen-bond donors (Lipinski definition) is 0. The van der Waals surface area contributed by atoms with Crippen LogP contribution in [0, 0.1) is 0 Å². The minimum atomic E-state index is 0.425. The van der Waals surface area contributed by atoms with Gasteiger partial charge in [-0.2, -0.15) is 4.37 Å². The smallest absolute Gasteiger partial charge is 0.0886 e. The fourth-order valence-corrected chi connectivity index (χ4v) is 5.44. The maximum atomic E-state index is 4.34. The molecule has 2 unspecified atom stereocenters. The van der Waals surface area contributed by atoms with Crippen LogP contribution in [0.3, 0.4) is 0 Å². The van der Waals surface area contributed by atoms with Gasteiger partial charge in [-0.1, -0.05) is 36.8 Å². The van der Waals surface area contributed by atoms with Crippen LogP contribution in [0.5, 0.6) is 0 Å². The van der Waals surface area contributed by atoms with Crippen LogP contribution >= 0.6 is 11.5 Å². The van der Waals surface area contributed by atoms with Crippen molar-refractivity contribution >= 4 is 21.6 Å². The Labute approximate surface area is 159 Å². The van der Waals surface area contributed by atoms with E-state index in [1.54, 1.807) is 11.5 Å². The molecule has 5 rings (SSSR count). The first-order valence-electron chi connectivity index (χ1n) is 9.69. The van der Waals surface area contributed by atoms with Crippen molar-refractivity contribution in [3.63, 3.8) is 0 Å². The van der Waals surface area contributed by atoms with E-state index in [-0.39, 0.29) is 0 Å². The first kappa shape index (κ1) is 16.4. The lowest BCUT2D eigenvalue weighted by molar-refractivity contribution is 0.0338. The fourth-order valence-electron chi connectivity index (χ4n) is 4.82. The molecule has 0 spiro atoms. The van der Waals surface area contributed by atoms with Crippen LogP contribution in [0.4, 0.5) is 0 Å². The summed E-state index contributed by atoms with van der Waals surface area (Å²) >= 11 is 1.58. The molecule has 1 fully saturated rings. The summed E-state index contributed by atoms with van der Waals surface area (Å²) < 4.78 is 5.62. The molecule has 26 heavy (non-hydrogen) atoms. The van der Waals surface area contributed by atoms with Crippen LogP contribution < -0.4 is 0 Å². The van der Waals surface area contributed by atoms with Crippen LogP contribution in [0.25, 0.3) is 10.1 Å². The van der Waals surface area contributed by atoms with Gasteiger partial charge in [0.05, 0.1) is 10.9 Å². The summed E-state index contributed by atoms with van der Waals surface area (Å²) in [6.07, 6.45) is 6.47. The predicted octanol–water partition coefficient (Wildman–Crippen LogP) is 4.86. The van der Waals surface area contributed by atoms with Crippen molar-refractivity contribution in [2.24, 2.45) is 0 Å². The van der Waals surface area contributed by atoms with Crippen LogP contribution in [0.15, 0.2) is 48.7 Å². The Balaban J connectivity index is 1.56. The molecule has 0 amide bonds. The summed E-state index contributed by atoms with van der Waals surface area (Å²) in [6, 6.07) is 16.0. The van der Waals surface area contributed by atoms with Gasteiger partial charge in [0.25, 0.3) is 0 Å². The number of benzene rings is 2. The van der Waals surface area contributed by atoms with E-state index in [1.807, 2.05) is 6.20 Å². The minimum absolute atomic E-state index is 0.425. The van der Waals surface area contributed by atoms with E-state index < -0.39 is 0 Å². The second-order valence-corrected chi connectivity index (χ2v) is 8.55. The summed E-state index contributed by atoms with van der Waals surface area (Å²) in [4.78, 5) is 5.25. The quantitative estimate of drug-likeness (QED) is 0.648. The molecule has 0 N–H and O–H groups in total. The van der Waals surface area contributed by atoms with Gasteiger partial charge in [0.2, 0.25) is 0 Å². The Morgan fingerprint density at radius 3 is 2.65 bits per heavy atom. The Morgan fingerprint density at radius 1 is 1.00 bits per heavy atom. The zero-order valence-electron chi connectivity index (χ0n) is 15.3. The van der Waals surface area contributed by atoms with E-state index >= 15 is 0 Å². The van der Waals surface area contributed by atoms with Crippen molar-refractivity contribution in [2.45, 2.75) is 31.3 Å². The topological polar surface area (TPSA) is 19.4 Å². The zero-order valence-corrected chi connectivity index (χ0v) is 16.1. The van der Waals surface area contributed by atoms with Gasteiger partial charge in [-0.15, -0.1) is 0 Å². The number of aromatic nitrogens is 1. The summed E-state index contributed by atoms with van der Waals surface area (Å²) in [7, 11) is 2.30. The number of piperidine rings is 1. The third-order valence-electron chi connectivity index (χ3n) is 6.05. The van der Waals surface area contributed by atoms with Gasteiger partial charge in [0.15, 0.2) is 0 Å². The highest BCUT2D eigenvalue weighted by Gasteiger charge is 2.35. The molecule has 0 aliphatic carbocycles. The highest BCUT2D eigenvalue weighted by atomic mass is 32.1. The molecule has 1 saturated heterocycles. The van der Waals surface area contributed by atoms with Crippen LogP contribution in [-0.2, 0) is 0 Å². The van der Waals surface area contributed by atoms with Crippen molar-refractivity contribution < 1.29 is 0 Å². The van der Waals surface area contributed by atoms with E-state index in [9.17, 15) is 0 Å². The number of nitrogens with zero attached hydrogens (tertiary/aromatic N) is 3. The third-order valence-corrected chi connectivity index (χ3v) is 6.83. The molecule has 2 aliphatic heterocycles. The molecule has 1 aromatic heterocycles. The van der Waals surface area contributed by atoms with E-state index in [2.05, 4.69) is 63.7 Å². The largest absolute Gasteiger partial charge is 0.286 e. The second kappa shape index (κ2) is 6.76. The minimum Gasteiger partial charge on any atom is -0.286 e. The van der Waals surface area contributed by atoms with Crippen molar-refractivity contribution in [1.82, 2.24) is 14.2 Å². The van der Waals surface area contributed by atoms with E-state index in [0.717, 1.165) is 6.54 Å². The normalized spacial score (nSPS) is 24.7. The standard InChI is InChI=1S/C22H25N3S/c1-24-15-20(16-9-10-21-17(13-16)14-23-26-21)18-7-3-4-8-19(18)22(24)25-11-5-2-6-12-25/h3-4,7-10,13-14,20,22H,2,5-6,11-12,15H2,1H3. The lowest BCUT2D eigenvalue weighted by atomic mass is 9.82. The van der Waals surface area contributed by atoms with Gasteiger partial charge in [-0.05, 0) is 73.3 Å². The van der Waals surface area contributed by atoms with E-state index in [1.165, 1.54) is 59.1 Å². The first-order valence-corrected chi connectivity index (χ1v) is 10.5. The second-order valence-electron chi connectivity index (χ2n) is 7.71. The average Bonchev–Trinajstić information content (AvgIpc) is 3.16. The summed E-state index contributed by atoms with van der Waals surface area (Å²) in [5, 5.41) is 1.27. The summed E-state index contributed by atoms with van der Waals surface area (Å²) in [5.74, 6) is 0.432. The average molecular weight is 364 g/mol. The highest BCUT2D eigenvalue weighted by molar-refractivity contribution is 7.13. The Hall–Kier alpha value is -1.75. The molecule has 0 radical (unpaired) electrons. The van der Waals surface area contributed by atoms with Gasteiger partial charge in [0.1, 0.15) is 0 Å². The monoisotopic (exact) mass is 363 g/mol. The summed E-state index contributed by atoms with van der Waals surface area (Å²) in [6.45, 7) is 3.52. The molecule has 134 valence electrons. The van der Waals surface area contributed by atoms with Gasteiger partial charge in [0, 0.05) is 24.0 Å². The maximum absolute atomic E-state index is 4.34. The van der Waals surface area contributed by atoms with Crippen LogP contribution in [-0.4, -0.2) is 40.9 Å². The summed E-state index contributed by atoms with van der Waals surface area (Å²) in [5.41, 5.74) is 4.41. The van der Waals surface area contributed by atoms with Crippen molar-refractivity contribution in [3.8, 4) is 0 Å². The number of likely N-dealkylation sites (N-methyl/N-ethyl adjacent to an activating group) is 1. The predicted molar refractivity (Wildman–Crippen MR) is 109 cm³/mol. The Morgan fingerprint density at radius 2 is 1.81 bits per heavy atom. The molecular weight excluding hydrogens is 338 g/mol. The molecular formula is C22H25N3S. The van der Waals surface area contributed by atoms with Gasteiger partial charge < -0.3 is 0 Å². The number of likely N-dealkylation sites (tertiary alicyclic amines) is 1. The SMILES string of the molecule is CN1CC(c2ccc3sncc3c2)c2ccccc2C1N1CCCCC1. The molecule has 2 aliphatic rings.